The minimum Gasteiger partial charge on any atom is -0.471 e. The molecule has 2 aromatic rings. The van der Waals surface area contributed by atoms with Crippen LogP contribution in [0, 0.1) is 11.6 Å². The third-order valence-electron chi connectivity index (χ3n) is 3.36. The van der Waals surface area contributed by atoms with Gasteiger partial charge in [-0.3, -0.25) is 0 Å². The number of nitrogens with one attached hydrogen (secondary N) is 2. The molecule has 0 bridgehead atoms. The number of amides is 2. The van der Waals surface area contributed by atoms with E-state index >= 15 is 0 Å². The standard InChI is InChI=1S/C18H20F2N2O2/c1-11(2)14-6-4-5-7-17(14)24-12(3)21-18(23)22-16-9-8-13(19)10-15(16)20/h4-12H,1-3H3,(H2,21,22,23). The van der Waals surface area contributed by atoms with Gasteiger partial charge in [0, 0.05) is 6.07 Å². The second kappa shape index (κ2) is 7.77. The zero-order chi connectivity index (χ0) is 17.7. The first kappa shape index (κ1) is 17.7. The second-order valence-electron chi connectivity index (χ2n) is 5.68. The Kier molecular flexibility index (Phi) is 5.73. The van der Waals surface area contributed by atoms with E-state index in [1.54, 1.807) is 6.92 Å². The van der Waals surface area contributed by atoms with E-state index in [2.05, 4.69) is 10.6 Å². The second-order valence-corrected chi connectivity index (χ2v) is 5.68. The number of hydrogen-bond donors (Lipinski definition) is 2. The molecule has 1 unspecified atom stereocenters. The zero-order valence-corrected chi connectivity index (χ0v) is 13.8. The SMILES string of the molecule is CC(NC(=O)Nc1ccc(F)cc1F)Oc1ccccc1C(C)C. The first-order valence-electron chi connectivity index (χ1n) is 7.65. The van der Waals surface area contributed by atoms with Crippen molar-refractivity contribution >= 4 is 11.7 Å². The molecule has 0 fully saturated rings. The Bertz CT molecular complexity index is 720. The molecule has 0 saturated carbocycles. The third-order valence-corrected chi connectivity index (χ3v) is 3.36. The molecule has 6 heteroatoms. The highest BCUT2D eigenvalue weighted by atomic mass is 19.1. The molecule has 0 aliphatic carbocycles. The summed E-state index contributed by atoms with van der Waals surface area (Å²) in [6.45, 7) is 5.76. The Hall–Kier alpha value is -2.63. The van der Waals surface area contributed by atoms with Gasteiger partial charge >= 0.3 is 6.03 Å². The number of carbonyl (C=O) groups is 1. The summed E-state index contributed by atoms with van der Waals surface area (Å²) in [6.07, 6.45) is -0.631. The molecule has 0 radical (unpaired) electrons. The lowest BCUT2D eigenvalue weighted by Crippen LogP contribution is -2.39. The van der Waals surface area contributed by atoms with Gasteiger partial charge in [0.15, 0.2) is 6.23 Å². The highest BCUT2D eigenvalue weighted by molar-refractivity contribution is 5.89. The smallest absolute Gasteiger partial charge is 0.322 e. The Morgan fingerprint density at radius 2 is 1.79 bits per heavy atom. The average Bonchev–Trinajstić information content (AvgIpc) is 2.50. The monoisotopic (exact) mass is 334 g/mol. The van der Waals surface area contributed by atoms with Crippen molar-refractivity contribution in [3.63, 3.8) is 0 Å². The molecule has 2 amide bonds. The van der Waals surface area contributed by atoms with Gasteiger partial charge in [0.1, 0.15) is 17.4 Å². The fraction of sp³-hybridized carbons (Fsp3) is 0.278. The van der Waals surface area contributed by atoms with E-state index in [0.717, 1.165) is 17.7 Å². The molecule has 0 spiro atoms. The maximum Gasteiger partial charge on any atom is 0.322 e. The van der Waals surface area contributed by atoms with Crippen molar-refractivity contribution in [1.29, 1.82) is 0 Å². The van der Waals surface area contributed by atoms with E-state index in [1.807, 2.05) is 38.1 Å². The fourth-order valence-corrected chi connectivity index (χ4v) is 2.22. The minimum absolute atomic E-state index is 0.108. The summed E-state index contributed by atoms with van der Waals surface area (Å²) in [6, 6.07) is 9.84. The van der Waals surface area contributed by atoms with Crippen LogP contribution in [0.3, 0.4) is 0 Å². The predicted molar refractivity (Wildman–Crippen MR) is 89.1 cm³/mol. The number of urea groups is 1. The van der Waals surface area contributed by atoms with E-state index in [-0.39, 0.29) is 11.6 Å². The van der Waals surface area contributed by atoms with Crippen LogP contribution in [0.5, 0.6) is 5.75 Å². The number of hydrogen-bond acceptors (Lipinski definition) is 2. The summed E-state index contributed by atoms with van der Waals surface area (Å²) in [5, 5.41) is 4.87. The lowest BCUT2D eigenvalue weighted by Gasteiger charge is -2.20. The van der Waals surface area contributed by atoms with Gasteiger partial charge in [-0.15, -0.1) is 0 Å². The van der Waals surface area contributed by atoms with Crippen molar-refractivity contribution < 1.29 is 18.3 Å². The van der Waals surface area contributed by atoms with Gasteiger partial charge in [-0.05, 0) is 36.6 Å². The summed E-state index contributed by atoms with van der Waals surface area (Å²) in [5.74, 6) is -0.604. The number of carbonyl (C=O) groups excluding carboxylic acids is 1. The van der Waals surface area contributed by atoms with Gasteiger partial charge in [0.05, 0.1) is 5.69 Å². The van der Waals surface area contributed by atoms with Gasteiger partial charge in [0.2, 0.25) is 0 Å². The third kappa shape index (κ3) is 4.68. The number of ether oxygens (including phenoxy) is 1. The van der Waals surface area contributed by atoms with Crippen LogP contribution in [0.25, 0.3) is 0 Å². The van der Waals surface area contributed by atoms with Crippen LogP contribution in [0.1, 0.15) is 32.3 Å². The van der Waals surface area contributed by atoms with Gasteiger partial charge in [-0.2, -0.15) is 0 Å². The summed E-state index contributed by atoms with van der Waals surface area (Å²) in [7, 11) is 0. The maximum absolute atomic E-state index is 13.5. The van der Waals surface area contributed by atoms with E-state index in [1.165, 1.54) is 0 Å². The van der Waals surface area contributed by atoms with Gasteiger partial charge in [-0.1, -0.05) is 32.0 Å². The Morgan fingerprint density at radius 1 is 1.08 bits per heavy atom. The molecule has 2 rings (SSSR count). The van der Waals surface area contributed by atoms with Gasteiger partial charge < -0.3 is 15.4 Å². The van der Waals surface area contributed by atoms with Crippen LogP contribution >= 0.6 is 0 Å². The summed E-state index contributed by atoms with van der Waals surface area (Å²) in [5.41, 5.74) is 0.916. The van der Waals surface area contributed by atoms with Crippen LogP contribution in [-0.2, 0) is 0 Å². The Balaban J connectivity index is 1.97. The van der Waals surface area contributed by atoms with Crippen molar-refractivity contribution in [1.82, 2.24) is 5.32 Å². The molecule has 1 atom stereocenters. The first-order chi connectivity index (χ1) is 11.4. The summed E-state index contributed by atoms with van der Waals surface area (Å²) >= 11 is 0. The number of para-hydroxylation sites is 1. The molecular formula is C18H20F2N2O2. The molecule has 0 aromatic heterocycles. The quantitative estimate of drug-likeness (QED) is 0.783. The van der Waals surface area contributed by atoms with Crippen LogP contribution in [-0.4, -0.2) is 12.3 Å². The van der Waals surface area contributed by atoms with Crippen molar-refractivity contribution in [3.8, 4) is 5.75 Å². The molecule has 2 aromatic carbocycles. The van der Waals surface area contributed by atoms with Crippen LogP contribution < -0.4 is 15.4 Å². The molecule has 2 N–H and O–H groups in total. The summed E-state index contributed by atoms with van der Waals surface area (Å²) < 4.78 is 32.1. The predicted octanol–water partition coefficient (Wildman–Crippen LogP) is 4.63. The number of benzene rings is 2. The highest BCUT2D eigenvalue weighted by Crippen LogP contribution is 2.26. The molecule has 0 heterocycles. The summed E-state index contributed by atoms with van der Waals surface area (Å²) in [4.78, 5) is 11.9. The van der Waals surface area contributed by atoms with E-state index in [4.69, 9.17) is 4.74 Å². The van der Waals surface area contributed by atoms with Crippen molar-refractivity contribution in [2.75, 3.05) is 5.32 Å². The first-order valence-corrected chi connectivity index (χ1v) is 7.65. The minimum atomic E-state index is -0.844. The normalized spacial score (nSPS) is 11.9. The molecular weight excluding hydrogens is 314 g/mol. The van der Waals surface area contributed by atoms with Gasteiger partial charge in [-0.25, -0.2) is 13.6 Å². The van der Waals surface area contributed by atoms with Crippen LogP contribution in [0.15, 0.2) is 42.5 Å². The number of anilines is 1. The molecule has 0 aliphatic rings. The van der Waals surface area contributed by atoms with E-state index in [9.17, 15) is 13.6 Å². The zero-order valence-electron chi connectivity index (χ0n) is 13.8. The average molecular weight is 334 g/mol. The van der Waals surface area contributed by atoms with Crippen LogP contribution in [0.4, 0.5) is 19.3 Å². The largest absolute Gasteiger partial charge is 0.471 e. The topological polar surface area (TPSA) is 50.4 Å². The Morgan fingerprint density at radius 3 is 2.46 bits per heavy atom. The van der Waals surface area contributed by atoms with Gasteiger partial charge in [0.25, 0.3) is 0 Å². The van der Waals surface area contributed by atoms with Crippen molar-refractivity contribution in [2.24, 2.45) is 0 Å². The van der Waals surface area contributed by atoms with Crippen LogP contribution in [0.2, 0.25) is 0 Å². The maximum atomic E-state index is 13.5. The number of rotatable bonds is 5. The molecule has 0 aliphatic heterocycles. The molecule has 4 nitrogen and oxygen atoms in total. The number of halogens is 2. The van der Waals surface area contributed by atoms with Crippen molar-refractivity contribution in [3.05, 3.63) is 59.7 Å². The lowest BCUT2D eigenvalue weighted by atomic mass is 10.0. The van der Waals surface area contributed by atoms with Crippen molar-refractivity contribution in [2.45, 2.75) is 32.9 Å². The van der Waals surface area contributed by atoms with E-state index < -0.39 is 23.9 Å². The molecule has 24 heavy (non-hydrogen) atoms. The van der Waals surface area contributed by atoms with E-state index in [0.29, 0.717) is 11.8 Å². The highest BCUT2D eigenvalue weighted by Gasteiger charge is 2.14. The fourth-order valence-electron chi connectivity index (χ4n) is 2.22. The molecule has 0 saturated heterocycles. The lowest BCUT2D eigenvalue weighted by molar-refractivity contribution is 0.181. The molecule has 128 valence electrons. The Labute approximate surface area is 139 Å².